The van der Waals surface area contributed by atoms with Gasteiger partial charge in [0.15, 0.2) is 5.82 Å². The van der Waals surface area contributed by atoms with Gasteiger partial charge in [0.2, 0.25) is 11.9 Å². The molecule has 0 saturated carbocycles. The third kappa shape index (κ3) is 4.08. The van der Waals surface area contributed by atoms with Gasteiger partial charge in [0.05, 0.1) is 17.1 Å². The van der Waals surface area contributed by atoms with E-state index in [1.54, 1.807) is 38.0 Å². The van der Waals surface area contributed by atoms with Crippen LogP contribution < -0.4 is 15.1 Å². The van der Waals surface area contributed by atoms with Crippen molar-refractivity contribution in [2.45, 2.75) is 6.54 Å². The fourth-order valence-corrected chi connectivity index (χ4v) is 2.09. The predicted octanol–water partition coefficient (Wildman–Crippen LogP) is 1.73. The van der Waals surface area contributed by atoms with Crippen LogP contribution in [0.2, 0.25) is 5.02 Å². The summed E-state index contributed by atoms with van der Waals surface area (Å²) >= 11 is 5.88. The van der Waals surface area contributed by atoms with Crippen LogP contribution in [-0.2, 0) is 6.54 Å². The first-order valence-electron chi connectivity index (χ1n) is 7.11. The number of aromatic nitrogens is 3. The molecule has 0 bridgehead atoms. The molecule has 1 heterocycles. The van der Waals surface area contributed by atoms with Crippen LogP contribution in [0.4, 0.5) is 16.3 Å². The Bertz CT molecular complexity index is 706. The molecular weight excluding hydrogens is 335 g/mol. The van der Waals surface area contributed by atoms with Crippen LogP contribution in [0.5, 0.6) is 0 Å². The van der Waals surface area contributed by atoms with E-state index in [1.165, 1.54) is 18.2 Å². The van der Waals surface area contributed by atoms with Gasteiger partial charge < -0.3 is 15.1 Å². The second-order valence-electron chi connectivity index (χ2n) is 5.42. The SMILES string of the molecule is CN(C)c1nc(CNC(=O)c2c(F)cccc2Cl)nc(N(C)C)n1. The molecule has 0 unspecified atom stereocenters. The Morgan fingerprint density at radius 2 is 1.71 bits per heavy atom. The van der Waals surface area contributed by atoms with E-state index in [1.807, 2.05) is 0 Å². The van der Waals surface area contributed by atoms with Crippen LogP contribution in [-0.4, -0.2) is 49.0 Å². The van der Waals surface area contributed by atoms with Gasteiger partial charge in [-0.25, -0.2) is 4.39 Å². The molecule has 0 aliphatic carbocycles. The van der Waals surface area contributed by atoms with Gasteiger partial charge >= 0.3 is 0 Å². The zero-order valence-electron chi connectivity index (χ0n) is 13.8. The summed E-state index contributed by atoms with van der Waals surface area (Å²) in [5.74, 6) is -0.0307. The monoisotopic (exact) mass is 352 g/mol. The van der Waals surface area contributed by atoms with Gasteiger partial charge in [-0.05, 0) is 12.1 Å². The minimum Gasteiger partial charge on any atom is -0.347 e. The fraction of sp³-hybridized carbons (Fsp3) is 0.333. The lowest BCUT2D eigenvalue weighted by molar-refractivity contribution is 0.0946. The van der Waals surface area contributed by atoms with E-state index in [2.05, 4.69) is 20.3 Å². The number of hydrogen-bond donors (Lipinski definition) is 1. The van der Waals surface area contributed by atoms with E-state index >= 15 is 0 Å². The summed E-state index contributed by atoms with van der Waals surface area (Å²) in [5, 5.41) is 2.62. The van der Waals surface area contributed by atoms with Crippen molar-refractivity contribution in [3.8, 4) is 0 Å². The van der Waals surface area contributed by atoms with E-state index in [0.717, 1.165) is 0 Å². The van der Waals surface area contributed by atoms with Gasteiger partial charge in [-0.2, -0.15) is 15.0 Å². The molecule has 7 nitrogen and oxygen atoms in total. The lowest BCUT2D eigenvalue weighted by Gasteiger charge is -2.16. The maximum atomic E-state index is 13.8. The summed E-state index contributed by atoms with van der Waals surface area (Å²) in [4.78, 5) is 28.4. The van der Waals surface area contributed by atoms with E-state index in [-0.39, 0.29) is 17.1 Å². The summed E-state index contributed by atoms with van der Waals surface area (Å²) in [7, 11) is 7.21. The van der Waals surface area contributed by atoms with Crippen molar-refractivity contribution in [3.05, 3.63) is 40.4 Å². The molecule has 0 saturated heterocycles. The number of carbonyl (C=O) groups is 1. The molecule has 2 aromatic rings. The fourth-order valence-electron chi connectivity index (χ4n) is 1.84. The van der Waals surface area contributed by atoms with Crippen molar-refractivity contribution < 1.29 is 9.18 Å². The average Bonchev–Trinajstić information content (AvgIpc) is 2.52. The van der Waals surface area contributed by atoms with Gasteiger partial charge in [0, 0.05) is 28.2 Å². The predicted molar refractivity (Wildman–Crippen MR) is 91.1 cm³/mol. The average molecular weight is 353 g/mol. The molecule has 1 aromatic heterocycles. The summed E-state index contributed by atoms with van der Waals surface area (Å²) in [6, 6.07) is 4.07. The maximum absolute atomic E-state index is 13.8. The summed E-state index contributed by atoms with van der Waals surface area (Å²) in [5.41, 5.74) is -0.200. The molecule has 24 heavy (non-hydrogen) atoms. The smallest absolute Gasteiger partial charge is 0.256 e. The van der Waals surface area contributed by atoms with Crippen molar-refractivity contribution in [1.29, 1.82) is 0 Å². The number of anilines is 2. The highest BCUT2D eigenvalue weighted by atomic mass is 35.5. The van der Waals surface area contributed by atoms with Crippen LogP contribution in [0.15, 0.2) is 18.2 Å². The van der Waals surface area contributed by atoms with Gasteiger partial charge in [-0.3, -0.25) is 4.79 Å². The molecule has 0 fully saturated rings. The van der Waals surface area contributed by atoms with E-state index in [9.17, 15) is 9.18 Å². The van der Waals surface area contributed by atoms with Crippen LogP contribution in [0.3, 0.4) is 0 Å². The Morgan fingerprint density at radius 3 is 2.21 bits per heavy atom. The van der Waals surface area contributed by atoms with Crippen molar-refractivity contribution in [2.24, 2.45) is 0 Å². The van der Waals surface area contributed by atoms with Gasteiger partial charge in [-0.15, -0.1) is 0 Å². The normalized spacial score (nSPS) is 10.4. The summed E-state index contributed by atoms with van der Waals surface area (Å²) in [6.45, 7) is 0.0215. The quantitative estimate of drug-likeness (QED) is 0.883. The number of benzene rings is 1. The van der Waals surface area contributed by atoms with Crippen LogP contribution in [0.25, 0.3) is 0 Å². The van der Waals surface area contributed by atoms with Crippen molar-refractivity contribution in [2.75, 3.05) is 38.0 Å². The largest absolute Gasteiger partial charge is 0.347 e. The topological polar surface area (TPSA) is 74.2 Å². The molecule has 0 spiro atoms. The number of hydrogen-bond acceptors (Lipinski definition) is 6. The highest BCUT2D eigenvalue weighted by Crippen LogP contribution is 2.19. The number of halogens is 2. The number of amides is 1. The van der Waals surface area contributed by atoms with Gasteiger partial charge in [0.25, 0.3) is 5.91 Å². The van der Waals surface area contributed by atoms with Gasteiger partial charge in [0.1, 0.15) is 5.82 Å². The Hall–Kier alpha value is -2.48. The standard InChI is InChI=1S/C15H18ClFN6O/c1-22(2)14-19-11(20-15(21-14)23(3)4)8-18-13(24)12-9(16)6-5-7-10(12)17/h5-7H,8H2,1-4H3,(H,18,24). The molecular formula is C15H18ClFN6O. The zero-order chi connectivity index (χ0) is 17.9. The number of carbonyl (C=O) groups excluding carboxylic acids is 1. The molecule has 1 N–H and O–H groups in total. The molecule has 0 aliphatic rings. The molecule has 0 radical (unpaired) electrons. The summed E-state index contributed by atoms with van der Waals surface area (Å²) < 4.78 is 13.8. The molecule has 0 aliphatic heterocycles. The first-order valence-corrected chi connectivity index (χ1v) is 7.49. The van der Waals surface area contributed by atoms with Crippen molar-refractivity contribution in [1.82, 2.24) is 20.3 Å². The number of rotatable bonds is 5. The first-order chi connectivity index (χ1) is 11.3. The van der Waals surface area contributed by atoms with Crippen LogP contribution in [0.1, 0.15) is 16.2 Å². The minimum atomic E-state index is -0.682. The van der Waals surface area contributed by atoms with E-state index in [4.69, 9.17) is 11.6 Å². The third-order valence-electron chi connectivity index (χ3n) is 3.05. The van der Waals surface area contributed by atoms with Crippen molar-refractivity contribution >= 4 is 29.4 Å². The molecule has 1 amide bonds. The highest BCUT2D eigenvalue weighted by molar-refractivity contribution is 6.33. The lowest BCUT2D eigenvalue weighted by atomic mass is 10.2. The van der Waals surface area contributed by atoms with E-state index in [0.29, 0.717) is 17.7 Å². The Kier molecular flexibility index (Phi) is 5.50. The lowest BCUT2D eigenvalue weighted by Crippen LogP contribution is -2.27. The maximum Gasteiger partial charge on any atom is 0.256 e. The highest BCUT2D eigenvalue weighted by Gasteiger charge is 2.16. The first kappa shape index (κ1) is 17.9. The third-order valence-corrected chi connectivity index (χ3v) is 3.37. The molecule has 128 valence electrons. The molecule has 0 atom stereocenters. The van der Waals surface area contributed by atoms with Gasteiger partial charge in [-0.1, -0.05) is 17.7 Å². The number of nitrogens with one attached hydrogen (secondary N) is 1. The Balaban J connectivity index is 2.21. The second kappa shape index (κ2) is 7.39. The molecule has 2 rings (SSSR count). The second-order valence-corrected chi connectivity index (χ2v) is 5.83. The summed E-state index contributed by atoms with van der Waals surface area (Å²) in [6.07, 6.45) is 0. The molecule has 9 heteroatoms. The number of nitrogens with zero attached hydrogens (tertiary/aromatic N) is 5. The van der Waals surface area contributed by atoms with Crippen LogP contribution in [0, 0.1) is 5.82 Å². The Labute approximate surface area is 144 Å². The van der Waals surface area contributed by atoms with Crippen LogP contribution >= 0.6 is 11.6 Å². The minimum absolute atomic E-state index is 0.0215. The zero-order valence-corrected chi connectivity index (χ0v) is 14.6. The Morgan fingerprint density at radius 1 is 1.12 bits per heavy atom. The molecule has 1 aromatic carbocycles. The van der Waals surface area contributed by atoms with E-state index < -0.39 is 11.7 Å². The van der Waals surface area contributed by atoms with Crippen molar-refractivity contribution in [3.63, 3.8) is 0 Å².